The molecule has 1 aromatic rings. The maximum absolute atomic E-state index is 12.1. The molecule has 1 saturated carbocycles. The first-order valence-electron chi connectivity index (χ1n) is 6.46. The van der Waals surface area contributed by atoms with Crippen LogP contribution in [0.15, 0.2) is 30.3 Å². The molecular formula is C14H16ClNO3. The SMILES string of the molecule is O=C(OCc1ccccc1)N1CCOC[C@H]2[C@@H](Cl)[C@H]21. The Bertz CT molecular complexity index is 453. The third kappa shape index (κ3) is 2.69. The molecule has 1 aromatic carbocycles. The van der Waals surface area contributed by atoms with Gasteiger partial charge in [0.2, 0.25) is 0 Å². The van der Waals surface area contributed by atoms with Crippen molar-refractivity contribution in [1.29, 1.82) is 0 Å². The second-order valence-corrected chi connectivity index (χ2v) is 5.41. The fourth-order valence-electron chi connectivity index (χ4n) is 2.46. The number of carbonyl (C=O) groups excluding carboxylic acids is 1. The van der Waals surface area contributed by atoms with Gasteiger partial charge in [-0.25, -0.2) is 4.79 Å². The van der Waals surface area contributed by atoms with Gasteiger partial charge in [-0.15, -0.1) is 11.6 Å². The first-order chi connectivity index (χ1) is 9.27. The van der Waals surface area contributed by atoms with Crippen LogP contribution in [0.1, 0.15) is 5.56 Å². The third-order valence-electron chi connectivity index (χ3n) is 3.62. The maximum Gasteiger partial charge on any atom is 0.410 e. The van der Waals surface area contributed by atoms with E-state index in [1.807, 2.05) is 30.3 Å². The molecule has 2 aliphatic rings. The van der Waals surface area contributed by atoms with Crippen molar-refractivity contribution in [2.24, 2.45) is 5.92 Å². The van der Waals surface area contributed by atoms with E-state index in [9.17, 15) is 4.79 Å². The summed E-state index contributed by atoms with van der Waals surface area (Å²) in [5.74, 6) is 0.258. The number of rotatable bonds is 2. The van der Waals surface area contributed by atoms with E-state index in [4.69, 9.17) is 21.1 Å². The van der Waals surface area contributed by atoms with E-state index >= 15 is 0 Å². The number of benzene rings is 1. The highest BCUT2D eigenvalue weighted by Gasteiger charge is 2.55. The van der Waals surface area contributed by atoms with Gasteiger partial charge in [0.05, 0.1) is 24.6 Å². The molecule has 2 fully saturated rings. The van der Waals surface area contributed by atoms with Crippen LogP contribution in [0.2, 0.25) is 0 Å². The van der Waals surface area contributed by atoms with Gasteiger partial charge in [0, 0.05) is 12.5 Å². The zero-order chi connectivity index (χ0) is 13.2. The summed E-state index contributed by atoms with van der Waals surface area (Å²) in [5, 5.41) is 0.00424. The average molecular weight is 282 g/mol. The van der Waals surface area contributed by atoms with Crippen molar-refractivity contribution in [2.75, 3.05) is 19.8 Å². The molecule has 1 aliphatic heterocycles. The van der Waals surface area contributed by atoms with Gasteiger partial charge in [0.25, 0.3) is 0 Å². The van der Waals surface area contributed by atoms with E-state index in [1.165, 1.54) is 0 Å². The first-order valence-corrected chi connectivity index (χ1v) is 6.90. The molecule has 0 spiro atoms. The van der Waals surface area contributed by atoms with E-state index in [0.29, 0.717) is 26.4 Å². The second-order valence-electron chi connectivity index (χ2n) is 4.91. The Kier molecular flexibility index (Phi) is 3.62. The van der Waals surface area contributed by atoms with E-state index in [0.717, 1.165) is 5.56 Å². The van der Waals surface area contributed by atoms with Gasteiger partial charge in [0.1, 0.15) is 6.61 Å². The summed E-state index contributed by atoms with van der Waals surface area (Å²) in [5.41, 5.74) is 0.983. The molecule has 3 rings (SSSR count). The summed E-state index contributed by atoms with van der Waals surface area (Å²) in [6.45, 7) is 2.04. The lowest BCUT2D eigenvalue weighted by Crippen LogP contribution is -2.36. The molecule has 5 heteroatoms. The summed E-state index contributed by atoms with van der Waals surface area (Å²) >= 11 is 6.16. The quantitative estimate of drug-likeness (QED) is 0.781. The Morgan fingerprint density at radius 3 is 3.00 bits per heavy atom. The molecule has 102 valence electrons. The fourth-order valence-corrected chi connectivity index (χ4v) is 2.92. The fraction of sp³-hybridized carbons (Fsp3) is 0.500. The molecule has 0 unspecified atom stereocenters. The van der Waals surface area contributed by atoms with Crippen LogP contribution in [0.5, 0.6) is 0 Å². The largest absolute Gasteiger partial charge is 0.445 e. The molecule has 0 radical (unpaired) electrons. The molecule has 1 saturated heterocycles. The molecule has 4 nitrogen and oxygen atoms in total. The number of nitrogens with zero attached hydrogens (tertiary/aromatic N) is 1. The Hall–Kier alpha value is -1.26. The van der Waals surface area contributed by atoms with Crippen molar-refractivity contribution in [1.82, 2.24) is 4.90 Å². The van der Waals surface area contributed by atoms with Crippen LogP contribution in [0.25, 0.3) is 0 Å². The second kappa shape index (κ2) is 5.39. The molecule has 19 heavy (non-hydrogen) atoms. The number of ether oxygens (including phenoxy) is 2. The van der Waals surface area contributed by atoms with Gasteiger partial charge >= 0.3 is 6.09 Å². The molecule has 3 atom stereocenters. The van der Waals surface area contributed by atoms with E-state index in [1.54, 1.807) is 4.90 Å². The molecule has 0 N–H and O–H groups in total. The van der Waals surface area contributed by atoms with Crippen LogP contribution in [-0.2, 0) is 16.1 Å². The minimum absolute atomic E-state index is 0.00424. The molecule has 1 aliphatic carbocycles. The van der Waals surface area contributed by atoms with Gasteiger partial charge in [0.15, 0.2) is 0 Å². The van der Waals surface area contributed by atoms with E-state index in [-0.39, 0.29) is 23.4 Å². The zero-order valence-corrected chi connectivity index (χ0v) is 11.3. The highest BCUT2D eigenvalue weighted by Crippen LogP contribution is 2.42. The number of hydrogen-bond acceptors (Lipinski definition) is 3. The molecule has 1 heterocycles. The minimum Gasteiger partial charge on any atom is -0.445 e. The molecular weight excluding hydrogens is 266 g/mol. The van der Waals surface area contributed by atoms with Crippen LogP contribution in [0, 0.1) is 5.92 Å². The Morgan fingerprint density at radius 1 is 1.42 bits per heavy atom. The van der Waals surface area contributed by atoms with Gasteiger partial charge < -0.3 is 14.4 Å². The van der Waals surface area contributed by atoms with Crippen molar-refractivity contribution in [3.8, 4) is 0 Å². The third-order valence-corrected chi connectivity index (χ3v) is 4.20. The summed E-state index contributed by atoms with van der Waals surface area (Å²) in [6, 6.07) is 9.73. The number of amides is 1. The maximum atomic E-state index is 12.1. The Labute approximate surface area is 117 Å². The van der Waals surface area contributed by atoms with Crippen LogP contribution < -0.4 is 0 Å². The summed E-state index contributed by atoms with van der Waals surface area (Å²) < 4.78 is 10.8. The summed E-state index contributed by atoms with van der Waals surface area (Å²) in [6.07, 6.45) is -0.299. The number of hydrogen-bond donors (Lipinski definition) is 0. The predicted molar refractivity (Wildman–Crippen MR) is 71.1 cm³/mol. The molecule has 1 amide bonds. The lowest BCUT2D eigenvalue weighted by Gasteiger charge is -2.20. The van der Waals surface area contributed by atoms with Crippen LogP contribution in [-0.4, -0.2) is 42.2 Å². The minimum atomic E-state index is -0.299. The zero-order valence-electron chi connectivity index (χ0n) is 10.5. The van der Waals surface area contributed by atoms with Gasteiger partial charge in [-0.2, -0.15) is 0 Å². The van der Waals surface area contributed by atoms with Crippen molar-refractivity contribution in [3.63, 3.8) is 0 Å². The van der Waals surface area contributed by atoms with Crippen molar-refractivity contribution >= 4 is 17.7 Å². The number of fused-ring (bicyclic) bond motifs is 1. The first kappa shape index (κ1) is 12.8. The van der Waals surface area contributed by atoms with Crippen LogP contribution in [0.4, 0.5) is 4.79 Å². The van der Waals surface area contributed by atoms with Gasteiger partial charge in [-0.1, -0.05) is 30.3 Å². The Balaban J connectivity index is 1.58. The number of alkyl halides is 1. The normalized spacial score (nSPS) is 29.3. The Morgan fingerprint density at radius 2 is 2.21 bits per heavy atom. The smallest absolute Gasteiger partial charge is 0.410 e. The topological polar surface area (TPSA) is 38.8 Å². The number of halogens is 1. The van der Waals surface area contributed by atoms with Crippen molar-refractivity contribution in [2.45, 2.75) is 18.0 Å². The summed E-state index contributed by atoms with van der Waals surface area (Å²) in [4.78, 5) is 13.8. The van der Waals surface area contributed by atoms with E-state index in [2.05, 4.69) is 0 Å². The monoisotopic (exact) mass is 281 g/mol. The van der Waals surface area contributed by atoms with Crippen LogP contribution in [0.3, 0.4) is 0 Å². The summed E-state index contributed by atoms with van der Waals surface area (Å²) in [7, 11) is 0. The highest BCUT2D eigenvalue weighted by molar-refractivity contribution is 6.23. The van der Waals surface area contributed by atoms with E-state index < -0.39 is 0 Å². The standard InChI is InChI=1S/C14H16ClNO3/c15-12-11-9-18-7-6-16(13(11)12)14(17)19-8-10-4-2-1-3-5-10/h1-5,11-13H,6-9H2/t11-,12+,13-/m0/s1. The number of carbonyl (C=O) groups is 1. The van der Waals surface area contributed by atoms with Crippen molar-refractivity contribution in [3.05, 3.63) is 35.9 Å². The van der Waals surface area contributed by atoms with Crippen LogP contribution >= 0.6 is 11.6 Å². The molecule has 0 aromatic heterocycles. The lowest BCUT2D eigenvalue weighted by molar-refractivity contribution is 0.0837. The van der Waals surface area contributed by atoms with Crippen molar-refractivity contribution < 1.29 is 14.3 Å². The predicted octanol–water partition coefficient (Wildman–Crippen LogP) is 2.26. The average Bonchev–Trinajstić information content (AvgIpc) is 3.13. The lowest BCUT2D eigenvalue weighted by atomic mass is 10.2. The van der Waals surface area contributed by atoms with Gasteiger partial charge in [-0.3, -0.25) is 0 Å². The molecule has 0 bridgehead atoms. The van der Waals surface area contributed by atoms with Gasteiger partial charge in [-0.05, 0) is 5.56 Å². The highest BCUT2D eigenvalue weighted by atomic mass is 35.5.